The van der Waals surface area contributed by atoms with Gasteiger partial charge in [0.1, 0.15) is 6.04 Å². The smallest absolute Gasteiger partial charge is 0.350 e. The summed E-state index contributed by atoms with van der Waals surface area (Å²) in [6.45, 7) is 7.40. The molecule has 11 heteroatoms. The van der Waals surface area contributed by atoms with Crippen LogP contribution in [0.3, 0.4) is 0 Å². The van der Waals surface area contributed by atoms with Crippen molar-refractivity contribution < 1.29 is 31.2 Å². The van der Waals surface area contributed by atoms with Gasteiger partial charge in [0.05, 0.1) is 17.5 Å². The maximum atomic E-state index is 13.9. The first kappa shape index (κ1) is 34.6. The Morgan fingerprint density at radius 3 is 2.11 bits per heavy atom. The van der Waals surface area contributed by atoms with Crippen LogP contribution in [0, 0.1) is 6.92 Å². The van der Waals surface area contributed by atoms with Crippen LogP contribution in [-0.2, 0) is 38.8 Å². The molecule has 44 heavy (non-hydrogen) atoms. The first-order valence-electron chi connectivity index (χ1n) is 14.3. The molecule has 0 bridgehead atoms. The van der Waals surface area contributed by atoms with Crippen LogP contribution in [-0.4, -0.2) is 49.5 Å². The number of aryl methyl sites for hydroxylation is 1. The largest absolute Gasteiger partial charge is 0.416 e. The van der Waals surface area contributed by atoms with Crippen LogP contribution in [0.4, 0.5) is 18.9 Å². The highest BCUT2D eigenvalue weighted by molar-refractivity contribution is 7.92. The second-order valence-electron chi connectivity index (χ2n) is 11.9. The second-order valence-corrected chi connectivity index (χ2v) is 13.8. The van der Waals surface area contributed by atoms with Crippen LogP contribution < -0.4 is 9.62 Å². The molecule has 0 heterocycles. The summed E-state index contributed by atoms with van der Waals surface area (Å²) in [5.74, 6) is -0.710. The van der Waals surface area contributed by atoms with Crippen molar-refractivity contribution in [2.45, 2.75) is 71.3 Å². The van der Waals surface area contributed by atoms with Crippen molar-refractivity contribution in [3.05, 3.63) is 101 Å². The quantitative estimate of drug-likeness (QED) is 0.261. The van der Waals surface area contributed by atoms with E-state index in [1.807, 2.05) is 82.3 Å². The molecule has 3 aromatic carbocycles. The molecular formula is C33H40F3N3O4S. The summed E-state index contributed by atoms with van der Waals surface area (Å²) in [5.41, 5.74) is 0.984. The molecular weight excluding hydrogens is 591 g/mol. The van der Waals surface area contributed by atoms with Crippen LogP contribution in [0.25, 0.3) is 0 Å². The van der Waals surface area contributed by atoms with Crippen LogP contribution in [0.5, 0.6) is 0 Å². The summed E-state index contributed by atoms with van der Waals surface area (Å²) in [6, 6.07) is 20.1. The average Bonchev–Trinajstić information content (AvgIpc) is 2.91. The van der Waals surface area contributed by atoms with E-state index in [0.29, 0.717) is 0 Å². The monoisotopic (exact) mass is 631 g/mol. The van der Waals surface area contributed by atoms with Gasteiger partial charge >= 0.3 is 6.18 Å². The van der Waals surface area contributed by atoms with Gasteiger partial charge in [-0.15, -0.1) is 0 Å². The summed E-state index contributed by atoms with van der Waals surface area (Å²) in [6.07, 6.45) is -3.60. The Balaban J connectivity index is 1.92. The molecule has 0 aliphatic heterocycles. The van der Waals surface area contributed by atoms with E-state index in [0.717, 1.165) is 45.5 Å². The first-order chi connectivity index (χ1) is 20.4. The molecule has 0 spiro atoms. The van der Waals surface area contributed by atoms with Crippen molar-refractivity contribution in [2.75, 3.05) is 17.1 Å². The van der Waals surface area contributed by atoms with Crippen molar-refractivity contribution in [3.63, 3.8) is 0 Å². The normalized spacial score (nSPS) is 12.8. The Bertz CT molecular complexity index is 1540. The SMILES string of the molecule is Cc1cccc(CN(C(=O)CCCN(c2cccc(C(F)(F)F)c2)S(C)(=O)=O)[C@@H](Cc2ccccc2)C(=O)NC(C)(C)C)c1. The number of alkyl halides is 3. The number of anilines is 1. The van der Waals surface area contributed by atoms with Crippen LogP contribution in [0.1, 0.15) is 55.9 Å². The number of nitrogens with one attached hydrogen (secondary N) is 1. The number of rotatable bonds is 12. The fraction of sp³-hybridized carbons (Fsp3) is 0.394. The zero-order valence-corrected chi connectivity index (χ0v) is 26.5. The van der Waals surface area contributed by atoms with E-state index in [1.165, 1.54) is 11.0 Å². The molecule has 3 aromatic rings. The Hall–Kier alpha value is -3.86. The predicted octanol–water partition coefficient (Wildman–Crippen LogP) is 6.11. The summed E-state index contributed by atoms with van der Waals surface area (Å²) in [7, 11) is -3.97. The average molecular weight is 632 g/mol. The molecule has 7 nitrogen and oxygen atoms in total. The summed E-state index contributed by atoms with van der Waals surface area (Å²) < 4.78 is 66.1. The lowest BCUT2D eigenvalue weighted by Gasteiger charge is -2.34. The van der Waals surface area contributed by atoms with Gasteiger partial charge in [-0.05, 0) is 63.4 Å². The number of hydrogen-bond donors (Lipinski definition) is 1. The van der Waals surface area contributed by atoms with Gasteiger partial charge in [-0.3, -0.25) is 13.9 Å². The Morgan fingerprint density at radius 2 is 1.52 bits per heavy atom. The summed E-state index contributed by atoms with van der Waals surface area (Å²) in [4.78, 5) is 29.1. The molecule has 2 amide bonds. The lowest BCUT2D eigenvalue weighted by atomic mass is 10.00. The molecule has 0 fully saturated rings. The highest BCUT2D eigenvalue weighted by Crippen LogP contribution is 2.32. The Morgan fingerprint density at radius 1 is 0.886 bits per heavy atom. The zero-order chi connectivity index (χ0) is 32.7. The van der Waals surface area contributed by atoms with Crippen molar-refractivity contribution in [2.24, 2.45) is 0 Å². The van der Waals surface area contributed by atoms with Crippen LogP contribution >= 0.6 is 0 Å². The number of benzene rings is 3. The third-order valence-corrected chi connectivity index (χ3v) is 8.01. The van der Waals surface area contributed by atoms with E-state index in [-0.39, 0.29) is 49.9 Å². The number of carbonyl (C=O) groups is 2. The van der Waals surface area contributed by atoms with E-state index in [4.69, 9.17) is 0 Å². The molecule has 1 N–H and O–H groups in total. The van der Waals surface area contributed by atoms with Gasteiger partial charge < -0.3 is 10.2 Å². The van der Waals surface area contributed by atoms with Gasteiger partial charge in [0.25, 0.3) is 0 Å². The van der Waals surface area contributed by atoms with Crippen molar-refractivity contribution in [1.82, 2.24) is 10.2 Å². The molecule has 1 atom stereocenters. The lowest BCUT2D eigenvalue weighted by Crippen LogP contribution is -2.54. The summed E-state index contributed by atoms with van der Waals surface area (Å²) >= 11 is 0. The minimum Gasteiger partial charge on any atom is -0.350 e. The molecule has 3 rings (SSSR count). The fourth-order valence-corrected chi connectivity index (χ4v) is 5.81. The number of carbonyl (C=O) groups excluding carboxylic acids is 2. The minimum absolute atomic E-state index is 0.0193. The number of amides is 2. The highest BCUT2D eigenvalue weighted by atomic mass is 32.2. The number of sulfonamides is 1. The van der Waals surface area contributed by atoms with E-state index in [9.17, 15) is 31.2 Å². The maximum absolute atomic E-state index is 13.9. The number of nitrogens with zero attached hydrogens (tertiary/aromatic N) is 2. The molecule has 238 valence electrons. The lowest BCUT2D eigenvalue weighted by molar-refractivity contribution is -0.142. The van der Waals surface area contributed by atoms with Gasteiger partial charge in [0.15, 0.2) is 0 Å². The number of hydrogen-bond acceptors (Lipinski definition) is 4. The zero-order valence-electron chi connectivity index (χ0n) is 25.7. The molecule has 0 radical (unpaired) electrons. The molecule has 0 aromatic heterocycles. The first-order valence-corrected chi connectivity index (χ1v) is 16.1. The van der Waals surface area contributed by atoms with Gasteiger partial charge in [-0.1, -0.05) is 66.2 Å². The fourth-order valence-electron chi connectivity index (χ4n) is 4.86. The molecule has 0 aliphatic rings. The molecule has 0 aliphatic carbocycles. The van der Waals surface area contributed by atoms with Crippen LogP contribution in [0.2, 0.25) is 0 Å². The molecule has 0 saturated carbocycles. The molecule has 0 unspecified atom stereocenters. The topological polar surface area (TPSA) is 86.8 Å². The summed E-state index contributed by atoms with van der Waals surface area (Å²) in [5, 5.41) is 2.99. The van der Waals surface area contributed by atoms with E-state index in [2.05, 4.69) is 5.32 Å². The van der Waals surface area contributed by atoms with Gasteiger partial charge in [0, 0.05) is 31.5 Å². The predicted molar refractivity (Wildman–Crippen MR) is 166 cm³/mol. The van der Waals surface area contributed by atoms with E-state index in [1.54, 1.807) is 0 Å². The third kappa shape index (κ3) is 10.4. The van der Waals surface area contributed by atoms with E-state index < -0.39 is 33.3 Å². The minimum atomic E-state index is -4.65. The van der Waals surface area contributed by atoms with Crippen LogP contribution in [0.15, 0.2) is 78.9 Å². The standard InChI is InChI=1S/C33H40F3N3O4S/c1-24-12-9-15-26(20-24)23-38(29(31(41)37-32(2,3)4)21-25-13-7-6-8-14-25)30(40)18-11-19-39(44(5,42)43)28-17-10-16-27(22-28)33(34,35)36/h6-10,12-17,20,22,29H,11,18-19,21,23H2,1-5H3,(H,37,41)/t29-/m0/s1. The second kappa shape index (κ2) is 14.3. The Labute approximate surface area is 258 Å². The van der Waals surface area contributed by atoms with Gasteiger partial charge in [-0.25, -0.2) is 8.42 Å². The van der Waals surface area contributed by atoms with Crippen molar-refractivity contribution in [1.29, 1.82) is 0 Å². The van der Waals surface area contributed by atoms with Crippen molar-refractivity contribution >= 4 is 27.5 Å². The van der Waals surface area contributed by atoms with Crippen molar-refractivity contribution in [3.8, 4) is 0 Å². The Kier molecular flexibility index (Phi) is 11.2. The number of halogens is 3. The third-order valence-electron chi connectivity index (χ3n) is 6.82. The van der Waals surface area contributed by atoms with E-state index >= 15 is 0 Å². The van der Waals surface area contributed by atoms with Gasteiger partial charge in [0.2, 0.25) is 21.8 Å². The maximum Gasteiger partial charge on any atom is 0.416 e. The van der Waals surface area contributed by atoms with Gasteiger partial charge in [-0.2, -0.15) is 13.2 Å². The highest BCUT2D eigenvalue weighted by Gasteiger charge is 2.33. The molecule has 0 saturated heterocycles.